The van der Waals surface area contributed by atoms with Gasteiger partial charge >= 0.3 is 5.97 Å². The van der Waals surface area contributed by atoms with Gasteiger partial charge in [0.15, 0.2) is 0 Å². The van der Waals surface area contributed by atoms with E-state index in [1.54, 1.807) is 51.1 Å². The first-order valence-electron chi connectivity index (χ1n) is 6.63. The van der Waals surface area contributed by atoms with E-state index in [0.29, 0.717) is 11.1 Å². The molecule has 2 N–H and O–H groups in total. The van der Waals surface area contributed by atoms with E-state index in [9.17, 15) is 15.0 Å². The van der Waals surface area contributed by atoms with Crippen LogP contribution in [0.1, 0.15) is 20.8 Å². The van der Waals surface area contributed by atoms with Gasteiger partial charge in [-0.15, -0.1) is 0 Å². The summed E-state index contributed by atoms with van der Waals surface area (Å²) in [5, 5.41) is 20.0. The molecule has 0 radical (unpaired) electrons. The Morgan fingerprint density at radius 2 is 1.57 bits per heavy atom. The van der Waals surface area contributed by atoms with Crippen molar-refractivity contribution in [1.82, 2.24) is 0 Å². The second-order valence-corrected chi connectivity index (χ2v) is 5.81. The molecule has 0 spiro atoms. The Kier molecular flexibility index (Phi) is 3.89. The molecule has 4 heteroatoms. The Morgan fingerprint density at radius 3 is 2.19 bits per heavy atom. The van der Waals surface area contributed by atoms with Gasteiger partial charge in [-0.1, -0.05) is 24.3 Å². The Bertz CT molecular complexity index is 669. The highest BCUT2D eigenvalue weighted by molar-refractivity contribution is 5.85. The number of carbonyl (C=O) groups excluding carboxylic acids is 1. The second kappa shape index (κ2) is 5.48. The summed E-state index contributed by atoms with van der Waals surface area (Å²) in [5.41, 5.74) is 0.0436. The summed E-state index contributed by atoms with van der Waals surface area (Å²) < 4.78 is 5.39. The Labute approximate surface area is 123 Å². The zero-order valence-electron chi connectivity index (χ0n) is 12.3. The van der Waals surface area contributed by atoms with Crippen LogP contribution >= 0.6 is 0 Å². The summed E-state index contributed by atoms with van der Waals surface area (Å²) in [6, 6.07) is 11.2. The van der Waals surface area contributed by atoms with Crippen molar-refractivity contribution >= 4 is 5.97 Å². The van der Waals surface area contributed by atoms with Crippen molar-refractivity contribution in [2.45, 2.75) is 20.8 Å². The van der Waals surface area contributed by atoms with Crippen LogP contribution in [-0.2, 0) is 4.79 Å². The van der Waals surface area contributed by atoms with Gasteiger partial charge in [0.05, 0.1) is 11.0 Å². The number of hydrogen-bond acceptors (Lipinski definition) is 4. The minimum atomic E-state index is -0.665. The molecule has 0 heterocycles. The molecule has 0 aliphatic carbocycles. The van der Waals surface area contributed by atoms with Gasteiger partial charge in [-0.25, -0.2) is 0 Å². The molecule has 2 aromatic rings. The minimum absolute atomic E-state index is 0.00653. The third-order valence-corrected chi connectivity index (χ3v) is 2.99. The maximum atomic E-state index is 12.0. The summed E-state index contributed by atoms with van der Waals surface area (Å²) in [4.78, 5) is 12.0. The van der Waals surface area contributed by atoms with Crippen LogP contribution in [0.3, 0.4) is 0 Å². The largest absolute Gasteiger partial charge is 0.507 e. The second-order valence-electron chi connectivity index (χ2n) is 5.81. The lowest BCUT2D eigenvalue weighted by Gasteiger charge is -2.19. The number of esters is 1. The minimum Gasteiger partial charge on any atom is -0.507 e. The molecule has 0 aromatic heterocycles. The first-order chi connectivity index (χ1) is 9.80. The van der Waals surface area contributed by atoms with E-state index < -0.39 is 11.4 Å². The van der Waals surface area contributed by atoms with Crippen LogP contribution in [0.25, 0.3) is 11.1 Å². The average molecular weight is 286 g/mol. The predicted octanol–water partition coefficient (Wildman–Crippen LogP) is 3.72. The fourth-order valence-electron chi connectivity index (χ4n) is 1.81. The van der Waals surface area contributed by atoms with Gasteiger partial charge < -0.3 is 14.9 Å². The van der Waals surface area contributed by atoms with E-state index in [1.807, 2.05) is 0 Å². The molecule has 0 amide bonds. The van der Waals surface area contributed by atoms with Gasteiger partial charge in [0, 0.05) is 5.56 Å². The number of phenols is 2. The normalized spacial score (nSPS) is 11.2. The van der Waals surface area contributed by atoms with E-state index in [4.69, 9.17) is 4.74 Å². The van der Waals surface area contributed by atoms with Gasteiger partial charge in [0.2, 0.25) is 0 Å². The Balaban J connectivity index is 2.52. The lowest BCUT2D eigenvalue weighted by molar-refractivity contribution is -0.142. The molecule has 21 heavy (non-hydrogen) atoms. The molecule has 0 aliphatic heterocycles. The molecule has 0 fully saturated rings. The topological polar surface area (TPSA) is 66.8 Å². The van der Waals surface area contributed by atoms with Crippen molar-refractivity contribution in [2.24, 2.45) is 5.41 Å². The molecule has 0 aliphatic rings. The lowest BCUT2D eigenvalue weighted by atomic mass is 9.97. The fraction of sp³-hybridized carbons (Fsp3) is 0.235. The van der Waals surface area contributed by atoms with Crippen molar-refractivity contribution in [1.29, 1.82) is 0 Å². The van der Waals surface area contributed by atoms with E-state index in [-0.39, 0.29) is 17.2 Å². The van der Waals surface area contributed by atoms with E-state index in [0.717, 1.165) is 0 Å². The van der Waals surface area contributed by atoms with E-state index in [2.05, 4.69) is 0 Å². The quantitative estimate of drug-likeness (QED) is 0.652. The third kappa shape index (κ3) is 3.16. The highest BCUT2D eigenvalue weighted by Crippen LogP contribution is 2.42. The van der Waals surface area contributed by atoms with Gasteiger partial charge in [0.25, 0.3) is 0 Å². The molecule has 4 nitrogen and oxygen atoms in total. The molecule has 2 rings (SSSR count). The number of aromatic hydroxyl groups is 2. The SMILES string of the molecule is CC(C)(C)C(=O)Oc1cccc(O)c1-c1ccccc1O. The van der Waals surface area contributed by atoms with Crippen LogP contribution < -0.4 is 4.74 Å². The first kappa shape index (κ1) is 14.9. The molecular formula is C17H18O4. The lowest BCUT2D eigenvalue weighted by Crippen LogP contribution is -2.25. The van der Waals surface area contributed by atoms with Crippen molar-refractivity contribution in [3.8, 4) is 28.4 Å². The van der Waals surface area contributed by atoms with Gasteiger partial charge in [-0.2, -0.15) is 0 Å². The highest BCUT2D eigenvalue weighted by Gasteiger charge is 2.26. The zero-order valence-corrected chi connectivity index (χ0v) is 12.3. The fourth-order valence-corrected chi connectivity index (χ4v) is 1.81. The summed E-state index contributed by atoms with van der Waals surface area (Å²) >= 11 is 0. The monoisotopic (exact) mass is 286 g/mol. The van der Waals surface area contributed by atoms with Crippen LogP contribution in [-0.4, -0.2) is 16.2 Å². The van der Waals surface area contributed by atoms with Crippen molar-refractivity contribution in [3.05, 3.63) is 42.5 Å². The molecule has 110 valence electrons. The maximum absolute atomic E-state index is 12.0. The van der Waals surface area contributed by atoms with Crippen LogP contribution in [0.4, 0.5) is 0 Å². The van der Waals surface area contributed by atoms with Crippen LogP contribution in [0.2, 0.25) is 0 Å². The smallest absolute Gasteiger partial charge is 0.316 e. The molecule has 0 unspecified atom stereocenters. The maximum Gasteiger partial charge on any atom is 0.316 e. The van der Waals surface area contributed by atoms with Crippen molar-refractivity contribution < 1.29 is 19.7 Å². The number of hydrogen-bond donors (Lipinski definition) is 2. The highest BCUT2D eigenvalue weighted by atomic mass is 16.5. The number of para-hydroxylation sites is 1. The van der Waals surface area contributed by atoms with Crippen LogP contribution in [0.5, 0.6) is 17.2 Å². The van der Waals surface area contributed by atoms with Gasteiger partial charge in [-0.05, 0) is 39.0 Å². The number of phenolic OH excluding ortho intramolecular Hbond substituents is 2. The summed E-state index contributed by atoms with van der Waals surface area (Å²) in [5.74, 6) is -0.246. The number of benzene rings is 2. The van der Waals surface area contributed by atoms with Crippen molar-refractivity contribution in [2.75, 3.05) is 0 Å². The van der Waals surface area contributed by atoms with Gasteiger partial charge in [-0.3, -0.25) is 4.79 Å². The summed E-state index contributed by atoms with van der Waals surface area (Å²) in [6.07, 6.45) is 0. The summed E-state index contributed by atoms with van der Waals surface area (Å²) in [6.45, 7) is 5.24. The summed E-state index contributed by atoms with van der Waals surface area (Å²) in [7, 11) is 0. The van der Waals surface area contributed by atoms with Crippen molar-refractivity contribution in [3.63, 3.8) is 0 Å². The van der Waals surface area contributed by atoms with E-state index in [1.165, 1.54) is 12.1 Å². The first-order valence-corrected chi connectivity index (χ1v) is 6.63. The number of rotatable bonds is 2. The standard InChI is InChI=1S/C17H18O4/c1-17(2,3)16(20)21-14-10-6-9-13(19)15(14)11-7-4-5-8-12(11)18/h4-10,18-19H,1-3H3. The predicted molar refractivity (Wildman–Crippen MR) is 80.3 cm³/mol. The zero-order chi connectivity index (χ0) is 15.6. The van der Waals surface area contributed by atoms with E-state index >= 15 is 0 Å². The van der Waals surface area contributed by atoms with Crippen LogP contribution in [0.15, 0.2) is 42.5 Å². The molecule has 0 saturated carbocycles. The van der Waals surface area contributed by atoms with Crippen LogP contribution in [0, 0.1) is 5.41 Å². The molecule has 2 aromatic carbocycles. The Hall–Kier alpha value is -2.49. The Morgan fingerprint density at radius 1 is 0.952 bits per heavy atom. The molecule has 0 atom stereocenters. The molecule has 0 bridgehead atoms. The number of carbonyl (C=O) groups is 1. The molecule has 0 saturated heterocycles. The number of ether oxygens (including phenoxy) is 1. The van der Waals surface area contributed by atoms with Gasteiger partial charge in [0.1, 0.15) is 17.2 Å². The third-order valence-electron chi connectivity index (χ3n) is 2.99. The average Bonchev–Trinajstić information content (AvgIpc) is 2.39. The molecular weight excluding hydrogens is 268 g/mol.